The molecule has 0 unspecified atom stereocenters. The summed E-state index contributed by atoms with van der Waals surface area (Å²) in [7, 11) is 1.60. The van der Waals surface area contributed by atoms with Gasteiger partial charge in [-0.15, -0.1) is 12.4 Å². The number of amides is 2. The van der Waals surface area contributed by atoms with Crippen LogP contribution in [-0.2, 0) is 4.79 Å². The summed E-state index contributed by atoms with van der Waals surface area (Å²) in [6.45, 7) is 5.76. The molecular formula is C19H24ClN3O2. The summed E-state index contributed by atoms with van der Waals surface area (Å²) in [5.41, 5.74) is 10.5. The summed E-state index contributed by atoms with van der Waals surface area (Å²) in [6.07, 6.45) is 0. The number of hydrogen-bond acceptors (Lipinski definition) is 3. The first-order valence-electron chi connectivity index (χ1n) is 7.77. The Morgan fingerprint density at radius 2 is 1.76 bits per heavy atom. The van der Waals surface area contributed by atoms with Gasteiger partial charge in [0.25, 0.3) is 5.91 Å². The molecule has 0 atom stereocenters. The molecule has 6 heteroatoms. The highest BCUT2D eigenvalue weighted by molar-refractivity contribution is 6.00. The van der Waals surface area contributed by atoms with E-state index in [1.807, 2.05) is 39.0 Å². The molecule has 5 nitrogen and oxygen atoms in total. The fraction of sp³-hybridized carbons (Fsp3) is 0.263. The molecule has 0 aliphatic rings. The fourth-order valence-electron chi connectivity index (χ4n) is 2.44. The Balaban J connectivity index is 0.00000312. The van der Waals surface area contributed by atoms with Crippen LogP contribution in [0.1, 0.15) is 27.0 Å². The lowest BCUT2D eigenvalue weighted by Crippen LogP contribution is -2.35. The second kappa shape index (κ2) is 8.53. The van der Waals surface area contributed by atoms with Gasteiger partial charge in [0.2, 0.25) is 5.91 Å². The van der Waals surface area contributed by atoms with E-state index in [9.17, 15) is 9.59 Å². The molecule has 2 rings (SSSR count). The maximum Gasteiger partial charge on any atom is 0.254 e. The first-order chi connectivity index (χ1) is 11.3. The minimum Gasteiger partial charge on any atom is -0.399 e. The molecule has 0 saturated carbocycles. The summed E-state index contributed by atoms with van der Waals surface area (Å²) in [4.78, 5) is 26.2. The van der Waals surface area contributed by atoms with Crippen LogP contribution < -0.4 is 11.1 Å². The number of nitrogens with zero attached hydrogens (tertiary/aromatic N) is 1. The predicted molar refractivity (Wildman–Crippen MR) is 104 cm³/mol. The average Bonchev–Trinajstić information content (AvgIpc) is 2.53. The van der Waals surface area contributed by atoms with E-state index < -0.39 is 0 Å². The largest absolute Gasteiger partial charge is 0.399 e. The Hall–Kier alpha value is -2.53. The van der Waals surface area contributed by atoms with Crippen molar-refractivity contribution in [1.82, 2.24) is 4.90 Å². The van der Waals surface area contributed by atoms with Gasteiger partial charge in [-0.2, -0.15) is 0 Å². The van der Waals surface area contributed by atoms with Crippen molar-refractivity contribution in [3.05, 3.63) is 58.7 Å². The number of nitrogens with two attached hydrogens (primary N) is 1. The zero-order valence-electron chi connectivity index (χ0n) is 14.9. The minimum atomic E-state index is -0.235. The van der Waals surface area contributed by atoms with E-state index in [-0.39, 0.29) is 30.8 Å². The van der Waals surface area contributed by atoms with E-state index in [1.54, 1.807) is 25.2 Å². The van der Waals surface area contributed by atoms with Crippen molar-refractivity contribution in [2.45, 2.75) is 20.8 Å². The molecule has 25 heavy (non-hydrogen) atoms. The van der Waals surface area contributed by atoms with Crippen molar-refractivity contribution in [3.63, 3.8) is 0 Å². The van der Waals surface area contributed by atoms with Crippen molar-refractivity contribution in [1.29, 1.82) is 0 Å². The van der Waals surface area contributed by atoms with Gasteiger partial charge in [0.1, 0.15) is 0 Å². The van der Waals surface area contributed by atoms with E-state index in [0.717, 1.165) is 22.4 Å². The van der Waals surface area contributed by atoms with Crippen molar-refractivity contribution >= 4 is 35.6 Å². The van der Waals surface area contributed by atoms with E-state index in [2.05, 4.69) is 5.32 Å². The van der Waals surface area contributed by atoms with Crippen molar-refractivity contribution < 1.29 is 9.59 Å². The van der Waals surface area contributed by atoms with Crippen LogP contribution in [0.5, 0.6) is 0 Å². The Kier molecular flexibility index (Phi) is 7.00. The molecular weight excluding hydrogens is 338 g/mol. The summed E-state index contributed by atoms with van der Waals surface area (Å²) in [5.74, 6) is -0.461. The van der Waals surface area contributed by atoms with E-state index in [4.69, 9.17) is 5.73 Å². The van der Waals surface area contributed by atoms with Crippen LogP contribution in [0.4, 0.5) is 11.4 Å². The first kappa shape index (κ1) is 20.5. The standard InChI is InChI=1S/C19H23N3O2.ClH/c1-12-6-5-7-17(14(12)3)21-18(23)11-22(4)19(24)16-10-15(20)9-8-13(16)2;/h5-10H,11,20H2,1-4H3,(H,21,23);1H. The van der Waals surface area contributed by atoms with Gasteiger partial charge >= 0.3 is 0 Å². The van der Waals surface area contributed by atoms with Gasteiger partial charge < -0.3 is 16.0 Å². The first-order valence-corrected chi connectivity index (χ1v) is 7.77. The Bertz CT molecular complexity index is 790. The molecule has 0 aliphatic heterocycles. The predicted octanol–water partition coefficient (Wildman–Crippen LogP) is 3.33. The summed E-state index contributed by atoms with van der Waals surface area (Å²) >= 11 is 0. The summed E-state index contributed by atoms with van der Waals surface area (Å²) in [5, 5.41) is 2.86. The van der Waals surface area contributed by atoms with Gasteiger partial charge in [-0.05, 0) is 55.7 Å². The van der Waals surface area contributed by atoms with Crippen LogP contribution in [0.25, 0.3) is 0 Å². The number of carbonyl (C=O) groups excluding carboxylic acids is 2. The van der Waals surface area contributed by atoms with Gasteiger partial charge in [-0.3, -0.25) is 9.59 Å². The van der Waals surface area contributed by atoms with Crippen molar-refractivity contribution in [3.8, 4) is 0 Å². The smallest absolute Gasteiger partial charge is 0.254 e. The highest BCUT2D eigenvalue weighted by atomic mass is 35.5. The van der Waals surface area contributed by atoms with Crippen LogP contribution in [0, 0.1) is 20.8 Å². The molecule has 0 radical (unpaired) electrons. The number of likely N-dealkylation sites (N-methyl/N-ethyl adjacent to an activating group) is 1. The maximum atomic E-state index is 12.5. The zero-order chi connectivity index (χ0) is 17.9. The van der Waals surface area contributed by atoms with Gasteiger partial charge in [-0.1, -0.05) is 18.2 Å². The third-order valence-electron chi connectivity index (χ3n) is 4.10. The second-order valence-electron chi connectivity index (χ2n) is 6.03. The molecule has 2 aromatic carbocycles. The monoisotopic (exact) mass is 361 g/mol. The van der Waals surface area contributed by atoms with E-state index >= 15 is 0 Å². The molecule has 0 bridgehead atoms. The van der Waals surface area contributed by atoms with E-state index in [0.29, 0.717) is 11.3 Å². The highest BCUT2D eigenvalue weighted by Gasteiger charge is 2.17. The molecule has 2 amide bonds. The highest BCUT2D eigenvalue weighted by Crippen LogP contribution is 2.18. The van der Waals surface area contributed by atoms with Crippen molar-refractivity contribution in [2.75, 3.05) is 24.6 Å². The number of anilines is 2. The molecule has 0 aliphatic carbocycles. The van der Waals surface area contributed by atoms with Crippen LogP contribution >= 0.6 is 12.4 Å². The minimum absolute atomic E-state index is 0. The molecule has 0 aromatic heterocycles. The van der Waals surface area contributed by atoms with Crippen LogP contribution in [0.15, 0.2) is 36.4 Å². The number of rotatable bonds is 4. The number of nitrogen functional groups attached to an aromatic ring is 1. The van der Waals surface area contributed by atoms with Crippen LogP contribution in [0.2, 0.25) is 0 Å². The Labute approximate surface area is 154 Å². The average molecular weight is 362 g/mol. The zero-order valence-corrected chi connectivity index (χ0v) is 15.7. The topological polar surface area (TPSA) is 75.4 Å². The fourth-order valence-corrected chi connectivity index (χ4v) is 2.44. The van der Waals surface area contributed by atoms with Crippen LogP contribution in [-0.4, -0.2) is 30.3 Å². The number of aryl methyl sites for hydroxylation is 2. The lowest BCUT2D eigenvalue weighted by Gasteiger charge is -2.19. The molecule has 0 fully saturated rings. The molecule has 0 spiro atoms. The number of halogens is 1. The third kappa shape index (κ3) is 4.97. The van der Waals surface area contributed by atoms with Crippen LogP contribution in [0.3, 0.4) is 0 Å². The molecule has 3 N–H and O–H groups in total. The lowest BCUT2D eigenvalue weighted by molar-refractivity contribution is -0.116. The van der Waals surface area contributed by atoms with E-state index in [1.165, 1.54) is 4.90 Å². The molecule has 0 saturated heterocycles. The van der Waals surface area contributed by atoms with Crippen molar-refractivity contribution in [2.24, 2.45) is 0 Å². The second-order valence-corrected chi connectivity index (χ2v) is 6.03. The SMILES string of the molecule is Cc1ccc(N)cc1C(=O)N(C)CC(=O)Nc1cccc(C)c1C.Cl. The van der Waals surface area contributed by atoms with Gasteiger partial charge in [0, 0.05) is 24.0 Å². The summed E-state index contributed by atoms with van der Waals surface area (Å²) < 4.78 is 0. The molecule has 134 valence electrons. The number of nitrogens with one attached hydrogen (secondary N) is 1. The van der Waals surface area contributed by atoms with Gasteiger partial charge in [-0.25, -0.2) is 0 Å². The summed E-state index contributed by atoms with van der Waals surface area (Å²) in [6, 6.07) is 10.9. The number of hydrogen-bond donors (Lipinski definition) is 2. The normalized spacial score (nSPS) is 9.92. The van der Waals surface area contributed by atoms with Gasteiger partial charge in [0.15, 0.2) is 0 Å². The quantitative estimate of drug-likeness (QED) is 0.820. The third-order valence-corrected chi connectivity index (χ3v) is 4.10. The Morgan fingerprint density at radius 1 is 1.08 bits per heavy atom. The maximum absolute atomic E-state index is 12.5. The van der Waals surface area contributed by atoms with Gasteiger partial charge in [0.05, 0.1) is 6.54 Å². The lowest BCUT2D eigenvalue weighted by atomic mass is 10.1. The molecule has 0 heterocycles. The molecule has 2 aromatic rings. The Morgan fingerprint density at radius 3 is 2.44 bits per heavy atom. The number of carbonyl (C=O) groups is 2. The number of benzene rings is 2.